The van der Waals surface area contributed by atoms with Crippen LogP contribution in [0.4, 0.5) is 9.18 Å². The van der Waals surface area contributed by atoms with Gasteiger partial charge in [0.1, 0.15) is 12.3 Å². The normalized spacial score (nSPS) is 18.8. The van der Waals surface area contributed by atoms with Gasteiger partial charge in [-0.25, -0.2) is 23.8 Å². The molecule has 0 spiro atoms. The second-order valence-electron chi connectivity index (χ2n) is 5.07. The van der Waals surface area contributed by atoms with Gasteiger partial charge in [0.05, 0.1) is 12.7 Å². The van der Waals surface area contributed by atoms with Gasteiger partial charge < -0.3 is 19.7 Å². The molecule has 1 aliphatic rings. The van der Waals surface area contributed by atoms with Gasteiger partial charge in [-0.2, -0.15) is 5.06 Å². The molecule has 2 rings (SSSR count). The zero-order valence-corrected chi connectivity index (χ0v) is 13.5. The fourth-order valence-electron chi connectivity index (χ4n) is 2.28. The quantitative estimate of drug-likeness (QED) is 0.734. The van der Waals surface area contributed by atoms with Crippen LogP contribution in [0.15, 0.2) is 28.7 Å². The van der Waals surface area contributed by atoms with Gasteiger partial charge in [-0.1, -0.05) is 0 Å². The van der Waals surface area contributed by atoms with Gasteiger partial charge in [-0.05, 0) is 19.4 Å². The number of carbonyl (C=O) groups excluding carboxylic acids is 2. The molecular formula is C14H17FN4O6. The number of alkyl halides is 1. The van der Waals surface area contributed by atoms with Crippen molar-refractivity contribution in [3.05, 3.63) is 30.1 Å². The number of urea groups is 1. The number of carboxylic acids is 1. The van der Waals surface area contributed by atoms with E-state index >= 15 is 0 Å². The van der Waals surface area contributed by atoms with Gasteiger partial charge >= 0.3 is 18.4 Å². The Labute approximate surface area is 141 Å². The summed E-state index contributed by atoms with van der Waals surface area (Å²) in [6.07, 6.45) is 1.17. The number of nitrogens with one attached hydrogen (secondary N) is 1. The topological polar surface area (TPSA) is 125 Å². The maximum absolute atomic E-state index is 13.2. The Morgan fingerprint density at radius 3 is 2.84 bits per heavy atom. The minimum absolute atomic E-state index is 0.0349. The van der Waals surface area contributed by atoms with Crippen LogP contribution < -0.4 is 5.32 Å². The van der Waals surface area contributed by atoms with Gasteiger partial charge in [-0.15, -0.1) is 0 Å². The summed E-state index contributed by atoms with van der Waals surface area (Å²) in [5.41, 5.74) is 0.365. The largest absolute Gasteiger partial charge is 0.477 e. The van der Waals surface area contributed by atoms with E-state index in [0.717, 1.165) is 11.1 Å². The number of carboxylic acid groups (broad SMARTS) is 1. The summed E-state index contributed by atoms with van der Waals surface area (Å²) in [6, 6.07) is -1.80. The van der Waals surface area contributed by atoms with Crippen molar-refractivity contribution in [1.82, 2.24) is 20.3 Å². The highest BCUT2D eigenvalue weighted by atomic mass is 19.1. The number of aromatic nitrogens is 1. The van der Waals surface area contributed by atoms with Crippen LogP contribution in [0, 0.1) is 0 Å². The summed E-state index contributed by atoms with van der Waals surface area (Å²) in [6.45, 7) is 3.31. The SMILES string of the molecule is CCN1C(=O)N(O[C@@H](F)C(=O)O)C=C(C)[C@H]1C(=O)NCc1ncco1. The molecule has 0 radical (unpaired) electrons. The summed E-state index contributed by atoms with van der Waals surface area (Å²) in [5.74, 6) is -2.06. The van der Waals surface area contributed by atoms with Gasteiger partial charge in [0.25, 0.3) is 0 Å². The number of aliphatic carboxylic acids is 1. The monoisotopic (exact) mass is 356 g/mol. The van der Waals surface area contributed by atoms with E-state index in [1.165, 1.54) is 19.4 Å². The molecule has 2 N–H and O–H groups in total. The first-order valence-corrected chi connectivity index (χ1v) is 7.33. The number of halogens is 1. The smallest absolute Gasteiger partial charge is 0.368 e. The first-order valence-electron chi connectivity index (χ1n) is 7.33. The average molecular weight is 356 g/mol. The summed E-state index contributed by atoms with van der Waals surface area (Å²) in [5, 5.41) is 11.6. The molecule has 2 heterocycles. The number of hydrogen-bond acceptors (Lipinski definition) is 6. The Bertz CT molecular complexity index is 677. The second kappa shape index (κ2) is 7.75. The van der Waals surface area contributed by atoms with Crippen LogP contribution in [0.3, 0.4) is 0 Å². The van der Waals surface area contributed by atoms with Crippen molar-refractivity contribution >= 4 is 17.9 Å². The fraction of sp³-hybridized carbons (Fsp3) is 0.429. The van der Waals surface area contributed by atoms with Gasteiger partial charge in [0, 0.05) is 12.7 Å². The summed E-state index contributed by atoms with van der Waals surface area (Å²) >= 11 is 0. The number of hydrogen-bond donors (Lipinski definition) is 2. The number of carbonyl (C=O) groups is 3. The lowest BCUT2D eigenvalue weighted by Crippen LogP contribution is -2.56. The zero-order valence-electron chi connectivity index (χ0n) is 13.5. The van der Waals surface area contributed by atoms with Crippen LogP contribution in [0.1, 0.15) is 19.7 Å². The van der Waals surface area contributed by atoms with E-state index in [0.29, 0.717) is 16.5 Å². The highest BCUT2D eigenvalue weighted by molar-refractivity contribution is 5.91. The molecule has 0 bridgehead atoms. The average Bonchev–Trinajstić information content (AvgIpc) is 3.08. The summed E-state index contributed by atoms with van der Waals surface area (Å²) in [4.78, 5) is 44.7. The van der Waals surface area contributed by atoms with Crippen LogP contribution in [-0.4, -0.2) is 56.9 Å². The van der Waals surface area contributed by atoms with Gasteiger partial charge in [0.15, 0.2) is 0 Å². The first-order chi connectivity index (χ1) is 11.8. The number of likely N-dealkylation sites (N-methyl/N-ethyl adjacent to an activating group) is 1. The molecule has 25 heavy (non-hydrogen) atoms. The van der Waals surface area contributed by atoms with Crippen LogP contribution in [0.5, 0.6) is 0 Å². The predicted molar refractivity (Wildman–Crippen MR) is 79.1 cm³/mol. The molecular weight excluding hydrogens is 339 g/mol. The standard InChI is InChI=1S/C14H17FN4O6/c1-3-18-10(12(20)17-6-9-16-4-5-24-9)8(2)7-19(14(18)23)25-11(15)13(21)22/h4-5,7,10-11H,3,6H2,1-2H3,(H,17,20)(H,21,22)/t10-,11+/m0/s1. The molecule has 3 amide bonds. The van der Waals surface area contributed by atoms with Crippen LogP contribution in [0.2, 0.25) is 0 Å². The van der Waals surface area contributed by atoms with Crippen molar-refractivity contribution in [3.8, 4) is 0 Å². The molecule has 0 fully saturated rings. The molecule has 1 aromatic rings. The highest BCUT2D eigenvalue weighted by Gasteiger charge is 2.39. The van der Waals surface area contributed by atoms with Crippen molar-refractivity contribution in [2.45, 2.75) is 32.8 Å². The third-order valence-electron chi connectivity index (χ3n) is 3.38. The second-order valence-corrected chi connectivity index (χ2v) is 5.07. The lowest BCUT2D eigenvalue weighted by Gasteiger charge is -2.37. The highest BCUT2D eigenvalue weighted by Crippen LogP contribution is 2.21. The Morgan fingerprint density at radius 1 is 1.56 bits per heavy atom. The van der Waals surface area contributed by atoms with E-state index < -0.39 is 30.3 Å². The fourth-order valence-corrected chi connectivity index (χ4v) is 2.28. The molecule has 1 aliphatic heterocycles. The Balaban J connectivity index is 2.13. The summed E-state index contributed by atoms with van der Waals surface area (Å²) in [7, 11) is 0. The van der Waals surface area contributed by atoms with Crippen molar-refractivity contribution in [3.63, 3.8) is 0 Å². The Kier molecular flexibility index (Phi) is 5.70. The zero-order chi connectivity index (χ0) is 18.6. The number of rotatable bonds is 7. The minimum atomic E-state index is -2.71. The number of oxazole rings is 1. The first kappa shape index (κ1) is 18.4. The molecule has 0 saturated heterocycles. The number of hydroxylamine groups is 2. The molecule has 0 unspecified atom stereocenters. The van der Waals surface area contributed by atoms with E-state index in [2.05, 4.69) is 15.1 Å². The molecule has 0 aromatic carbocycles. The lowest BCUT2D eigenvalue weighted by atomic mass is 10.1. The Morgan fingerprint density at radius 2 is 2.28 bits per heavy atom. The maximum atomic E-state index is 13.2. The maximum Gasteiger partial charge on any atom is 0.368 e. The minimum Gasteiger partial charge on any atom is -0.477 e. The molecule has 2 atom stereocenters. The third-order valence-corrected chi connectivity index (χ3v) is 3.38. The third kappa shape index (κ3) is 4.12. The van der Waals surface area contributed by atoms with Crippen LogP contribution in [0.25, 0.3) is 0 Å². The summed E-state index contributed by atoms with van der Waals surface area (Å²) < 4.78 is 18.2. The molecule has 0 aliphatic carbocycles. The van der Waals surface area contributed by atoms with Crippen molar-refractivity contribution in [2.75, 3.05) is 6.54 Å². The lowest BCUT2D eigenvalue weighted by molar-refractivity contribution is -0.207. The van der Waals surface area contributed by atoms with Crippen molar-refractivity contribution < 1.29 is 33.1 Å². The predicted octanol–water partition coefficient (Wildman–Crippen LogP) is 0.633. The molecule has 1 aromatic heterocycles. The van der Waals surface area contributed by atoms with Crippen LogP contribution in [-0.2, 0) is 21.0 Å². The number of amides is 3. The van der Waals surface area contributed by atoms with Crippen LogP contribution >= 0.6 is 0 Å². The van der Waals surface area contributed by atoms with E-state index in [4.69, 9.17) is 9.52 Å². The Hall–Kier alpha value is -2.95. The van der Waals surface area contributed by atoms with E-state index in [-0.39, 0.29) is 13.1 Å². The molecule has 136 valence electrons. The number of nitrogens with zero attached hydrogens (tertiary/aromatic N) is 3. The van der Waals surface area contributed by atoms with Crippen molar-refractivity contribution in [1.29, 1.82) is 0 Å². The van der Waals surface area contributed by atoms with E-state index in [9.17, 15) is 18.8 Å². The van der Waals surface area contributed by atoms with Gasteiger partial charge in [-0.3, -0.25) is 4.79 Å². The molecule has 0 saturated carbocycles. The van der Waals surface area contributed by atoms with Gasteiger partial charge in [0.2, 0.25) is 11.8 Å². The molecule has 10 nitrogen and oxygen atoms in total. The van der Waals surface area contributed by atoms with E-state index in [1.807, 2.05) is 0 Å². The van der Waals surface area contributed by atoms with Crippen molar-refractivity contribution in [2.24, 2.45) is 0 Å². The van der Waals surface area contributed by atoms with E-state index in [1.54, 1.807) is 6.92 Å². The molecule has 11 heteroatoms.